The van der Waals surface area contributed by atoms with Gasteiger partial charge >= 0.3 is 0 Å². The predicted molar refractivity (Wildman–Crippen MR) is 104 cm³/mol. The van der Waals surface area contributed by atoms with Gasteiger partial charge in [0.2, 0.25) is 29.1 Å². The summed E-state index contributed by atoms with van der Waals surface area (Å²) in [5.41, 5.74) is 1.20. The van der Waals surface area contributed by atoms with Crippen molar-refractivity contribution < 1.29 is 41.4 Å². The first-order chi connectivity index (χ1) is 15.7. The molecule has 0 aromatic heterocycles. The molecular weight excluding hydrogens is 451 g/mol. The van der Waals surface area contributed by atoms with Gasteiger partial charge in [0, 0.05) is 11.3 Å². The van der Waals surface area contributed by atoms with Crippen LogP contribution in [0.25, 0.3) is 0 Å². The lowest BCUT2D eigenvalue weighted by atomic mass is 10.0. The highest BCUT2D eigenvalue weighted by molar-refractivity contribution is 6.01. The lowest BCUT2D eigenvalue weighted by molar-refractivity contribution is -0.0851. The molecule has 0 aliphatic carbocycles. The van der Waals surface area contributed by atoms with Crippen LogP contribution in [0.2, 0.25) is 0 Å². The second-order valence-electron chi connectivity index (χ2n) is 7.00. The molecule has 0 bridgehead atoms. The van der Waals surface area contributed by atoms with Gasteiger partial charge in [-0.2, -0.15) is 13.8 Å². The van der Waals surface area contributed by atoms with Crippen LogP contribution >= 0.6 is 0 Å². The Labute approximate surface area is 183 Å². The van der Waals surface area contributed by atoms with Gasteiger partial charge in [0.15, 0.2) is 11.9 Å². The SMILES string of the molecule is COc1ccc([C@H]2Nc3ccccc3C(=O)N2O)cc1COc1c(F)c(F)c(F)c(F)c1F. The first kappa shape index (κ1) is 22.3. The third kappa shape index (κ3) is 3.80. The van der Waals surface area contributed by atoms with Crippen molar-refractivity contribution in [1.29, 1.82) is 0 Å². The summed E-state index contributed by atoms with van der Waals surface area (Å²) in [7, 11) is 1.30. The number of carbonyl (C=O) groups excluding carboxylic acids is 1. The molecule has 3 aromatic rings. The number of amides is 1. The van der Waals surface area contributed by atoms with Crippen molar-refractivity contribution in [2.45, 2.75) is 12.8 Å². The Morgan fingerprint density at radius 1 is 0.970 bits per heavy atom. The first-order valence-corrected chi connectivity index (χ1v) is 9.43. The van der Waals surface area contributed by atoms with Crippen molar-refractivity contribution in [3.05, 3.63) is 88.2 Å². The monoisotopic (exact) mass is 466 g/mol. The number of carbonyl (C=O) groups is 1. The van der Waals surface area contributed by atoms with E-state index in [4.69, 9.17) is 9.47 Å². The molecule has 172 valence electrons. The third-order valence-corrected chi connectivity index (χ3v) is 5.06. The molecule has 0 spiro atoms. The Balaban J connectivity index is 1.66. The van der Waals surface area contributed by atoms with Crippen LogP contribution in [0.3, 0.4) is 0 Å². The summed E-state index contributed by atoms with van der Waals surface area (Å²) in [6, 6.07) is 10.9. The number of methoxy groups -OCH3 is 1. The molecule has 0 unspecified atom stereocenters. The van der Waals surface area contributed by atoms with E-state index in [-0.39, 0.29) is 16.9 Å². The van der Waals surface area contributed by atoms with Gasteiger partial charge < -0.3 is 14.8 Å². The fourth-order valence-corrected chi connectivity index (χ4v) is 3.41. The number of hydrogen-bond donors (Lipinski definition) is 2. The second-order valence-corrected chi connectivity index (χ2v) is 7.00. The summed E-state index contributed by atoms with van der Waals surface area (Å²) in [4.78, 5) is 12.5. The number of hydrogen-bond acceptors (Lipinski definition) is 5. The maximum Gasteiger partial charge on any atom is 0.281 e. The number of fused-ring (bicyclic) bond motifs is 1. The van der Waals surface area contributed by atoms with E-state index in [0.717, 1.165) is 0 Å². The highest BCUT2D eigenvalue weighted by Crippen LogP contribution is 2.35. The van der Waals surface area contributed by atoms with E-state index in [2.05, 4.69) is 5.32 Å². The molecule has 0 saturated carbocycles. The van der Waals surface area contributed by atoms with E-state index >= 15 is 0 Å². The molecule has 1 heterocycles. The zero-order valence-electron chi connectivity index (χ0n) is 16.8. The normalized spacial score (nSPS) is 15.2. The molecule has 33 heavy (non-hydrogen) atoms. The molecule has 2 N–H and O–H groups in total. The Morgan fingerprint density at radius 3 is 2.27 bits per heavy atom. The molecule has 1 atom stereocenters. The third-order valence-electron chi connectivity index (χ3n) is 5.06. The van der Waals surface area contributed by atoms with Gasteiger partial charge in [0.05, 0.1) is 12.7 Å². The van der Waals surface area contributed by atoms with Crippen molar-refractivity contribution in [2.75, 3.05) is 12.4 Å². The Hall–Kier alpha value is -3.86. The van der Waals surface area contributed by atoms with Gasteiger partial charge in [-0.05, 0) is 29.8 Å². The van der Waals surface area contributed by atoms with E-state index in [1.54, 1.807) is 18.2 Å². The zero-order valence-corrected chi connectivity index (χ0v) is 16.8. The molecule has 0 fully saturated rings. The van der Waals surface area contributed by atoms with E-state index in [0.29, 0.717) is 16.3 Å². The average Bonchev–Trinajstić information content (AvgIpc) is 2.83. The summed E-state index contributed by atoms with van der Waals surface area (Å²) in [5.74, 6) is -12.7. The highest BCUT2D eigenvalue weighted by Gasteiger charge is 2.32. The van der Waals surface area contributed by atoms with Crippen molar-refractivity contribution in [3.8, 4) is 11.5 Å². The summed E-state index contributed by atoms with van der Waals surface area (Å²) in [6.45, 7) is -0.641. The van der Waals surface area contributed by atoms with Gasteiger partial charge in [-0.3, -0.25) is 10.0 Å². The van der Waals surface area contributed by atoms with Gasteiger partial charge in [-0.25, -0.2) is 13.2 Å². The van der Waals surface area contributed by atoms with Crippen molar-refractivity contribution in [1.82, 2.24) is 5.06 Å². The number of halogens is 5. The molecule has 11 heteroatoms. The second kappa shape index (κ2) is 8.58. The molecule has 1 amide bonds. The average molecular weight is 466 g/mol. The number of nitrogens with zero attached hydrogens (tertiary/aromatic N) is 1. The number of benzene rings is 3. The fourth-order valence-electron chi connectivity index (χ4n) is 3.41. The van der Waals surface area contributed by atoms with Crippen LogP contribution in [-0.2, 0) is 6.61 Å². The lowest BCUT2D eigenvalue weighted by Crippen LogP contribution is -2.40. The minimum Gasteiger partial charge on any atom is -0.496 e. The first-order valence-electron chi connectivity index (χ1n) is 9.43. The van der Waals surface area contributed by atoms with Crippen LogP contribution in [0.5, 0.6) is 11.5 Å². The number of nitrogens with one attached hydrogen (secondary N) is 1. The van der Waals surface area contributed by atoms with Gasteiger partial charge in [0.1, 0.15) is 12.4 Å². The summed E-state index contributed by atoms with van der Waals surface area (Å²) < 4.78 is 78.1. The van der Waals surface area contributed by atoms with Gasteiger partial charge in [0.25, 0.3) is 5.91 Å². The molecule has 0 saturated heterocycles. The predicted octanol–water partition coefficient (Wildman–Crippen LogP) is 4.93. The van der Waals surface area contributed by atoms with E-state index in [9.17, 15) is 32.0 Å². The maximum atomic E-state index is 13.9. The molecule has 4 rings (SSSR count). The number of hydroxylamine groups is 2. The van der Waals surface area contributed by atoms with Crippen LogP contribution in [0, 0.1) is 29.1 Å². The van der Waals surface area contributed by atoms with Crippen molar-refractivity contribution in [3.63, 3.8) is 0 Å². The minimum absolute atomic E-state index is 0.153. The van der Waals surface area contributed by atoms with Gasteiger partial charge in [-0.1, -0.05) is 18.2 Å². The molecular formula is C22H15F5N2O4. The van der Waals surface area contributed by atoms with Crippen LogP contribution in [-0.4, -0.2) is 23.3 Å². The smallest absolute Gasteiger partial charge is 0.281 e. The molecule has 0 radical (unpaired) electrons. The van der Waals surface area contributed by atoms with Crippen LogP contribution in [0.4, 0.5) is 27.6 Å². The summed E-state index contributed by atoms with van der Waals surface area (Å²) in [6.07, 6.45) is -1.04. The lowest BCUT2D eigenvalue weighted by Gasteiger charge is -2.33. The number of rotatable bonds is 5. The summed E-state index contributed by atoms with van der Waals surface area (Å²) in [5, 5.41) is 13.8. The van der Waals surface area contributed by atoms with Gasteiger partial charge in [-0.15, -0.1) is 0 Å². The largest absolute Gasteiger partial charge is 0.496 e. The van der Waals surface area contributed by atoms with E-state index in [1.165, 1.54) is 31.4 Å². The van der Waals surface area contributed by atoms with Crippen molar-refractivity contribution >= 4 is 11.6 Å². The Morgan fingerprint density at radius 2 is 1.61 bits per heavy atom. The zero-order chi connectivity index (χ0) is 23.9. The number of anilines is 1. The topological polar surface area (TPSA) is 71.0 Å². The molecule has 1 aliphatic rings. The molecule has 3 aromatic carbocycles. The van der Waals surface area contributed by atoms with Crippen LogP contribution in [0.1, 0.15) is 27.7 Å². The van der Waals surface area contributed by atoms with Crippen LogP contribution in [0.15, 0.2) is 42.5 Å². The standard InChI is InChI=1S/C22H15F5N2O4/c1-32-14-7-6-10(21-28-13-5-3-2-4-12(13)22(30)29(21)31)8-11(14)9-33-20-18(26)16(24)15(23)17(25)19(20)27/h2-8,21,28,31H,9H2,1H3/t21-/m0/s1. The van der Waals surface area contributed by atoms with E-state index < -0.39 is 53.5 Å². The van der Waals surface area contributed by atoms with Crippen LogP contribution < -0.4 is 14.8 Å². The number of para-hydroxylation sites is 1. The summed E-state index contributed by atoms with van der Waals surface area (Å²) >= 11 is 0. The maximum absolute atomic E-state index is 13.9. The molecule has 6 nitrogen and oxygen atoms in total. The fraction of sp³-hybridized carbons (Fsp3) is 0.136. The molecule has 1 aliphatic heterocycles. The minimum atomic E-state index is -2.30. The number of ether oxygens (including phenoxy) is 2. The Kier molecular flexibility index (Phi) is 5.81. The van der Waals surface area contributed by atoms with E-state index in [1.807, 2.05) is 0 Å². The Bertz CT molecular complexity index is 1220. The quantitative estimate of drug-likeness (QED) is 0.242. The van der Waals surface area contributed by atoms with Crippen molar-refractivity contribution in [2.24, 2.45) is 0 Å². The highest BCUT2D eigenvalue weighted by atomic mass is 19.2.